The van der Waals surface area contributed by atoms with Gasteiger partial charge < -0.3 is 9.47 Å². The maximum Gasteiger partial charge on any atom is 0.455 e. The predicted molar refractivity (Wildman–Crippen MR) is 116 cm³/mol. The molecule has 0 spiro atoms. The first-order chi connectivity index (χ1) is 15.2. The number of ketones is 2. The molecule has 2 aromatic carbocycles. The Bertz CT molecular complexity index is 1150. The van der Waals surface area contributed by atoms with Gasteiger partial charge in [-0.25, -0.2) is 0 Å². The molecule has 9 heteroatoms. The summed E-state index contributed by atoms with van der Waals surface area (Å²) in [5.41, 5.74) is -0.0732. The minimum Gasteiger partial charge on any atom is -0.493 e. The van der Waals surface area contributed by atoms with E-state index in [2.05, 4.69) is 0 Å². The van der Waals surface area contributed by atoms with Crippen molar-refractivity contribution in [3.8, 4) is 11.5 Å². The Balaban J connectivity index is 1.92. The van der Waals surface area contributed by atoms with Crippen LogP contribution < -0.4 is 9.47 Å². The number of methoxy groups -OCH3 is 1. The number of benzene rings is 2. The van der Waals surface area contributed by atoms with Gasteiger partial charge in [-0.3, -0.25) is 9.59 Å². The molecule has 0 fully saturated rings. The Labute approximate surface area is 190 Å². The van der Waals surface area contributed by atoms with E-state index in [9.17, 15) is 22.8 Å². The van der Waals surface area contributed by atoms with Crippen molar-refractivity contribution in [2.24, 2.45) is 0 Å². The van der Waals surface area contributed by atoms with Gasteiger partial charge in [0.1, 0.15) is 6.61 Å². The molecule has 0 amide bonds. The maximum atomic E-state index is 13.1. The van der Waals surface area contributed by atoms with Crippen LogP contribution in [0.3, 0.4) is 0 Å². The molecule has 4 nitrogen and oxygen atoms in total. The van der Waals surface area contributed by atoms with Crippen molar-refractivity contribution in [1.82, 2.24) is 0 Å². The lowest BCUT2D eigenvalue weighted by atomic mass is 10.0. The third kappa shape index (κ3) is 5.57. The number of hydrogen-bond donors (Lipinski definition) is 0. The molecule has 0 radical (unpaired) electrons. The fourth-order valence-corrected chi connectivity index (χ4v) is 3.63. The fourth-order valence-electron chi connectivity index (χ4n) is 2.76. The Morgan fingerprint density at radius 3 is 2.44 bits per heavy atom. The molecule has 32 heavy (non-hydrogen) atoms. The zero-order chi connectivity index (χ0) is 23.3. The van der Waals surface area contributed by atoms with Crippen LogP contribution in [0.4, 0.5) is 13.2 Å². The number of halogens is 4. The highest BCUT2D eigenvalue weighted by Gasteiger charge is 2.43. The maximum absolute atomic E-state index is 13.1. The molecule has 0 N–H and O–H groups in total. The van der Waals surface area contributed by atoms with Crippen molar-refractivity contribution in [2.75, 3.05) is 7.11 Å². The van der Waals surface area contributed by atoms with Gasteiger partial charge in [0, 0.05) is 10.6 Å². The van der Waals surface area contributed by atoms with Crippen LogP contribution >= 0.6 is 22.9 Å². The van der Waals surface area contributed by atoms with E-state index in [1.807, 2.05) is 0 Å². The van der Waals surface area contributed by atoms with Crippen LogP contribution in [-0.2, 0) is 11.4 Å². The summed E-state index contributed by atoms with van der Waals surface area (Å²) in [6.07, 6.45) is -4.29. The summed E-state index contributed by atoms with van der Waals surface area (Å²) >= 11 is 7.06. The molecule has 0 atom stereocenters. The van der Waals surface area contributed by atoms with Crippen molar-refractivity contribution in [3.63, 3.8) is 0 Å². The number of thiophene rings is 1. The molecule has 0 saturated carbocycles. The summed E-state index contributed by atoms with van der Waals surface area (Å²) in [4.78, 5) is 24.5. The van der Waals surface area contributed by atoms with E-state index in [-0.39, 0.29) is 22.8 Å². The van der Waals surface area contributed by atoms with Gasteiger partial charge in [-0.1, -0.05) is 41.9 Å². The highest BCUT2D eigenvalue weighted by molar-refractivity contribution is 7.12. The second-order valence-corrected chi connectivity index (χ2v) is 7.84. The number of Topliss-reactive ketones (excluding diaryl/α,β-unsaturated/α-hetero) is 2. The van der Waals surface area contributed by atoms with Gasteiger partial charge in [-0.2, -0.15) is 13.2 Å². The smallest absolute Gasteiger partial charge is 0.455 e. The van der Waals surface area contributed by atoms with Crippen LogP contribution in [0.2, 0.25) is 5.02 Å². The lowest BCUT2D eigenvalue weighted by Gasteiger charge is -2.13. The van der Waals surface area contributed by atoms with Gasteiger partial charge in [0.2, 0.25) is 5.78 Å². The Morgan fingerprint density at radius 2 is 1.81 bits per heavy atom. The topological polar surface area (TPSA) is 52.6 Å². The van der Waals surface area contributed by atoms with Crippen LogP contribution in [-0.4, -0.2) is 24.9 Å². The Hall–Kier alpha value is -3.10. The molecule has 0 unspecified atom stereocenters. The lowest BCUT2D eigenvalue weighted by Crippen LogP contribution is -2.28. The van der Waals surface area contributed by atoms with Crippen molar-refractivity contribution in [2.45, 2.75) is 12.8 Å². The van der Waals surface area contributed by atoms with E-state index in [4.69, 9.17) is 21.1 Å². The number of rotatable bonds is 8. The predicted octanol–water partition coefficient (Wildman–Crippen LogP) is 6.39. The molecule has 166 valence electrons. The Morgan fingerprint density at radius 1 is 1.06 bits per heavy atom. The quantitative estimate of drug-likeness (QED) is 0.162. The third-order valence-corrected chi connectivity index (χ3v) is 5.57. The van der Waals surface area contributed by atoms with Gasteiger partial charge in [0.05, 0.1) is 17.6 Å². The van der Waals surface area contributed by atoms with Crippen LogP contribution in [0.15, 0.2) is 65.6 Å². The van der Waals surface area contributed by atoms with Gasteiger partial charge in [0.25, 0.3) is 5.78 Å². The molecule has 1 aromatic heterocycles. The van der Waals surface area contributed by atoms with Gasteiger partial charge in [-0.15, -0.1) is 11.3 Å². The van der Waals surface area contributed by atoms with E-state index in [1.54, 1.807) is 24.3 Å². The van der Waals surface area contributed by atoms with Gasteiger partial charge in [-0.05, 0) is 41.3 Å². The normalized spacial score (nSPS) is 11.8. The number of hydrogen-bond acceptors (Lipinski definition) is 5. The lowest BCUT2D eigenvalue weighted by molar-refractivity contribution is -0.166. The van der Waals surface area contributed by atoms with Crippen molar-refractivity contribution in [3.05, 3.63) is 86.6 Å². The summed E-state index contributed by atoms with van der Waals surface area (Å²) in [5, 5.41) is 2.06. The minimum absolute atomic E-state index is 0.0282. The average Bonchev–Trinajstić information content (AvgIpc) is 3.30. The molecule has 0 bridgehead atoms. The standard InChI is InChI=1S/C23H16ClF3O4S/c1-30-19-12-14(8-9-18(19)31-13-15-5-2-3-6-17(15)24)11-16(22(29)23(25,26)27)21(28)20-7-4-10-32-20/h2-12H,13H2,1H3. The first kappa shape index (κ1) is 23.6. The molecule has 3 aromatic rings. The number of carbonyl (C=O) groups excluding carboxylic acids is 2. The first-order valence-corrected chi connectivity index (χ1v) is 10.4. The van der Waals surface area contributed by atoms with Crippen molar-refractivity contribution >= 4 is 40.6 Å². The third-order valence-electron chi connectivity index (χ3n) is 4.33. The van der Waals surface area contributed by atoms with Crippen LogP contribution in [0.25, 0.3) is 6.08 Å². The number of ether oxygens (including phenoxy) is 2. The number of alkyl halides is 3. The van der Waals surface area contributed by atoms with E-state index in [1.165, 1.54) is 42.8 Å². The minimum atomic E-state index is -5.19. The molecular weight excluding hydrogens is 465 g/mol. The zero-order valence-corrected chi connectivity index (χ0v) is 18.2. The zero-order valence-electron chi connectivity index (χ0n) is 16.6. The summed E-state index contributed by atoms with van der Waals surface area (Å²) < 4.78 is 50.3. The highest BCUT2D eigenvalue weighted by Crippen LogP contribution is 2.32. The largest absolute Gasteiger partial charge is 0.493 e. The summed E-state index contributed by atoms with van der Waals surface area (Å²) in [6, 6.07) is 14.3. The molecule has 0 aliphatic carbocycles. The number of allylic oxidation sites excluding steroid dienone is 1. The molecule has 1 heterocycles. The van der Waals surface area contributed by atoms with Crippen molar-refractivity contribution < 1.29 is 32.2 Å². The van der Waals surface area contributed by atoms with E-state index >= 15 is 0 Å². The molecule has 3 rings (SSSR count). The second-order valence-electron chi connectivity index (χ2n) is 6.48. The summed E-state index contributed by atoms with van der Waals surface area (Å²) in [5.74, 6) is -2.68. The van der Waals surface area contributed by atoms with Crippen LogP contribution in [0.5, 0.6) is 11.5 Å². The van der Waals surface area contributed by atoms with E-state index in [0.29, 0.717) is 10.8 Å². The van der Waals surface area contributed by atoms with Crippen molar-refractivity contribution in [1.29, 1.82) is 0 Å². The highest BCUT2D eigenvalue weighted by atomic mass is 35.5. The molecule has 0 aliphatic rings. The monoisotopic (exact) mass is 480 g/mol. The van der Waals surface area contributed by atoms with E-state index in [0.717, 1.165) is 23.0 Å². The Kier molecular flexibility index (Phi) is 7.37. The van der Waals surface area contributed by atoms with Crippen LogP contribution in [0.1, 0.15) is 20.8 Å². The fraction of sp³-hybridized carbons (Fsp3) is 0.130. The van der Waals surface area contributed by atoms with Gasteiger partial charge >= 0.3 is 6.18 Å². The number of carbonyl (C=O) groups is 2. The average molecular weight is 481 g/mol. The second kappa shape index (κ2) is 10.0. The van der Waals surface area contributed by atoms with Crippen LogP contribution in [0, 0.1) is 0 Å². The molecule has 0 saturated heterocycles. The van der Waals surface area contributed by atoms with E-state index < -0.39 is 23.3 Å². The summed E-state index contributed by atoms with van der Waals surface area (Å²) in [7, 11) is 1.36. The SMILES string of the molecule is COc1cc(C=C(C(=O)c2cccs2)C(=O)C(F)(F)F)ccc1OCc1ccccc1Cl. The first-order valence-electron chi connectivity index (χ1n) is 9.16. The van der Waals surface area contributed by atoms with Gasteiger partial charge in [0.15, 0.2) is 11.5 Å². The molecular formula is C23H16ClF3O4S. The molecule has 0 aliphatic heterocycles. The summed E-state index contributed by atoms with van der Waals surface area (Å²) in [6.45, 7) is 0.139.